The summed E-state index contributed by atoms with van der Waals surface area (Å²) < 4.78 is 7.55. The zero-order valence-electron chi connectivity index (χ0n) is 9.60. The van der Waals surface area contributed by atoms with Crippen LogP contribution in [0.5, 0.6) is 0 Å². The largest absolute Gasteiger partial charge is 0.458 e. The summed E-state index contributed by atoms with van der Waals surface area (Å²) in [5.41, 5.74) is 0. The predicted octanol–water partition coefficient (Wildman–Crippen LogP) is 2.43. The highest BCUT2D eigenvalue weighted by atomic mass is 16.3. The molecule has 2 aromatic rings. The zero-order chi connectivity index (χ0) is 11.1. The van der Waals surface area contributed by atoms with Crippen LogP contribution in [0.3, 0.4) is 0 Å². The normalized spacial score (nSPS) is 19.8. The quantitative estimate of drug-likeness (QED) is 0.736. The van der Waals surface area contributed by atoms with E-state index in [4.69, 9.17) is 4.42 Å². The summed E-state index contributed by atoms with van der Waals surface area (Å²) in [7, 11) is 0. The Morgan fingerprint density at radius 3 is 3.06 bits per heavy atom. The summed E-state index contributed by atoms with van der Waals surface area (Å²) in [6.45, 7) is 5.16. The molecule has 0 saturated carbocycles. The van der Waals surface area contributed by atoms with Crippen molar-refractivity contribution >= 4 is 0 Å². The van der Waals surface area contributed by atoms with Crippen LogP contribution < -0.4 is 0 Å². The molecular formula is C12H15N3O. The molecule has 3 heterocycles. The van der Waals surface area contributed by atoms with Crippen molar-refractivity contribution in [1.82, 2.24) is 14.8 Å². The molecule has 4 nitrogen and oxygen atoms in total. The lowest BCUT2D eigenvalue weighted by atomic mass is 10.0. The van der Waals surface area contributed by atoms with Crippen molar-refractivity contribution in [3.63, 3.8) is 0 Å². The highest BCUT2D eigenvalue weighted by molar-refractivity contribution is 5.46. The number of aromatic nitrogens is 3. The third kappa shape index (κ3) is 1.54. The number of nitrogens with zero attached hydrogens (tertiary/aromatic N) is 3. The molecule has 0 radical (unpaired) electrons. The summed E-state index contributed by atoms with van der Waals surface area (Å²) in [5.74, 6) is 4.17. The van der Waals surface area contributed by atoms with Crippen molar-refractivity contribution in [1.29, 1.82) is 0 Å². The van der Waals surface area contributed by atoms with E-state index in [1.165, 1.54) is 6.42 Å². The van der Waals surface area contributed by atoms with Gasteiger partial charge < -0.3 is 4.42 Å². The highest BCUT2D eigenvalue weighted by Gasteiger charge is 2.20. The fraction of sp³-hybridized carbons (Fsp3) is 0.500. The van der Waals surface area contributed by atoms with E-state index < -0.39 is 0 Å². The first-order valence-corrected chi connectivity index (χ1v) is 5.73. The molecule has 2 aromatic heterocycles. The van der Waals surface area contributed by atoms with E-state index in [0.717, 1.165) is 36.1 Å². The lowest BCUT2D eigenvalue weighted by Crippen LogP contribution is -2.18. The van der Waals surface area contributed by atoms with Crippen LogP contribution in [-0.4, -0.2) is 14.8 Å². The molecule has 1 aliphatic heterocycles. The van der Waals surface area contributed by atoms with Crippen molar-refractivity contribution in [2.24, 2.45) is 5.92 Å². The van der Waals surface area contributed by atoms with Crippen LogP contribution in [0.1, 0.15) is 24.9 Å². The monoisotopic (exact) mass is 217 g/mol. The van der Waals surface area contributed by atoms with Gasteiger partial charge in [0.2, 0.25) is 5.82 Å². The number of rotatable bonds is 1. The van der Waals surface area contributed by atoms with Crippen LogP contribution in [0.4, 0.5) is 0 Å². The van der Waals surface area contributed by atoms with Crippen molar-refractivity contribution < 1.29 is 4.42 Å². The van der Waals surface area contributed by atoms with Gasteiger partial charge in [-0.3, -0.25) is 0 Å². The van der Waals surface area contributed by atoms with E-state index in [1.54, 1.807) is 0 Å². The maximum absolute atomic E-state index is 5.54. The molecule has 0 aromatic carbocycles. The molecule has 16 heavy (non-hydrogen) atoms. The fourth-order valence-electron chi connectivity index (χ4n) is 2.13. The van der Waals surface area contributed by atoms with Crippen LogP contribution in [0, 0.1) is 12.8 Å². The zero-order valence-corrected chi connectivity index (χ0v) is 9.60. The summed E-state index contributed by atoms with van der Waals surface area (Å²) in [6.07, 6.45) is 2.23. The molecule has 84 valence electrons. The number of fused-ring (bicyclic) bond motifs is 1. The average molecular weight is 217 g/mol. The number of furan rings is 1. The molecule has 1 aliphatic rings. The molecular weight excluding hydrogens is 202 g/mol. The minimum atomic E-state index is 0.695. The van der Waals surface area contributed by atoms with E-state index in [0.29, 0.717) is 5.92 Å². The molecule has 0 aliphatic carbocycles. The Kier molecular flexibility index (Phi) is 2.09. The first-order chi connectivity index (χ1) is 7.72. The van der Waals surface area contributed by atoms with Crippen LogP contribution in [0.2, 0.25) is 0 Å². The Morgan fingerprint density at radius 2 is 2.31 bits per heavy atom. The molecule has 0 N–H and O–H groups in total. The van der Waals surface area contributed by atoms with E-state index in [1.807, 2.05) is 23.7 Å². The van der Waals surface area contributed by atoms with E-state index in [2.05, 4.69) is 17.0 Å². The van der Waals surface area contributed by atoms with Crippen LogP contribution in [0.15, 0.2) is 16.5 Å². The van der Waals surface area contributed by atoms with Crippen molar-refractivity contribution in [3.05, 3.63) is 23.7 Å². The summed E-state index contributed by atoms with van der Waals surface area (Å²) in [4.78, 5) is 4.53. The molecule has 1 atom stereocenters. The van der Waals surface area contributed by atoms with Gasteiger partial charge in [-0.2, -0.15) is 0 Å². The highest BCUT2D eigenvalue weighted by Crippen LogP contribution is 2.23. The molecule has 0 amide bonds. The van der Waals surface area contributed by atoms with Gasteiger partial charge in [0, 0.05) is 13.0 Å². The maximum Gasteiger partial charge on any atom is 0.217 e. The Balaban J connectivity index is 1.98. The third-order valence-corrected chi connectivity index (χ3v) is 3.05. The summed E-state index contributed by atoms with van der Waals surface area (Å²) in [5, 5.41) is 4.50. The van der Waals surface area contributed by atoms with Gasteiger partial charge in [-0.25, -0.2) is 9.67 Å². The standard InChI is InChI=1S/C12H15N3O/c1-8-3-6-11-13-12(14-15(11)7-8)10-5-4-9(2)16-10/h4-5,8H,3,6-7H2,1-2H3. The van der Waals surface area contributed by atoms with Gasteiger partial charge in [-0.15, -0.1) is 5.10 Å². The molecule has 3 rings (SSSR count). The second-order valence-corrected chi connectivity index (χ2v) is 4.59. The number of hydrogen-bond donors (Lipinski definition) is 0. The minimum Gasteiger partial charge on any atom is -0.458 e. The third-order valence-electron chi connectivity index (χ3n) is 3.05. The van der Waals surface area contributed by atoms with Crippen molar-refractivity contribution in [2.45, 2.75) is 33.2 Å². The smallest absolute Gasteiger partial charge is 0.217 e. The second kappa shape index (κ2) is 3.47. The molecule has 0 fully saturated rings. The lowest BCUT2D eigenvalue weighted by Gasteiger charge is -2.17. The van der Waals surface area contributed by atoms with Gasteiger partial charge in [-0.1, -0.05) is 6.92 Å². The first kappa shape index (κ1) is 9.63. The summed E-state index contributed by atoms with van der Waals surface area (Å²) in [6, 6.07) is 3.87. The second-order valence-electron chi connectivity index (χ2n) is 4.59. The van der Waals surface area contributed by atoms with Crippen LogP contribution >= 0.6 is 0 Å². The topological polar surface area (TPSA) is 43.9 Å². The van der Waals surface area contributed by atoms with Crippen molar-refractivity contribution in [2.75, 3.05) is 0 Å². The van der Waals surface area contributed by atoms with Crippen LogP contribution in [0.25, 0.3) is 11.6 Å². The maximum atomic E-state index is 5.54. The Morgan fingerprint density at radius 1 is 1.44 bits per heavy atom. The SMILES string of the molecule is Cc1ccc(-c2nc3n(n2)CC(C)CC3)o1. The van der Waals surface area contributed by atoms with Gasteiger partial charge in [-0.05, 0) is 31.4 Å². The number of hydrogen-bond acceptors (Lipinski definition) is 3. The molecule has 0 saturated heterocycles. The average Bonchev–Trinajstić information content (AvgIpc) is 2.83. The van der Waals surface area contributed by atoms with E-state index >= 15 is 0 Å². The van der Waals surface area contributed by atoms with Gasteiger partial charge >= 0.3 is 0 Å². The Labute approximate surface area is 94.3 Å². The number of aryl methyl sites for hydroxylation is 2. The van der Waals surface area contributed by atoms with Gasteiger partial charge in [0.1, 0.15) is 11.6 Å². The molecule has 4 heteroatoms. The van der Waals surface area contributed by atoms with Crippen LogP contribution in [-0.2, 0) is 13.0 Å². The van der Waals surface area contributed by atoms with Crippen molar-refractivity contribution in [3.8, 4) is 11.6 Å². The van der Waals surface area contributed by atoms with E-state index in [9.17, 15) is 0 Å². The summed E-state index contributed by atoms with van der Waals surface area (Å²) >= 11 is 0. The van der Waals surface area contributed by atoms with E-state index in [-0.39, 0.29) is 0 Å². The predicted molar refractivity (Wildman–Crippen MR) is 59.9 cm³/mol. The fourth-order valence-corrected chi connectivity index (χ4v) is 2.13. The molecule has 1 unspecified atom stereocenters. The first-order valence-electron chi connectivity index (χ1n) is 5.73. The minimum absolute atomic E-state index is 0.695. The molecule has 0 bridgehead atoms. The Bertz CT molecular complexity index is 512. The molecule has 0 spiro atoms. The lowest BCUT2D eigenvalue weighted by molar-refractivity contribution is 0.368. The van der Waals surface area contributed by atoms with Gasteiger partial charge in [0.15, 0.2) is 5.76 Å². The van der Waals surface area contributed by atoms with Gasteiger partial charge in [0.05, 0.1) is 0 Å². The van der Waals surface area contributed by atoms with Gasteiger partial charge in [0.25, 0.3) is 0 Å². The Hall–Kier alpha value is -1.58.